The number of hydrogen-bond acceptors (Lipinski definition) is 2. The predicted molar refractivity (Wildman–Crippen MR) is 86.9 cm³/mol. The van der Waals surface area contributed by atoms with Gasteiger partial charge in [-0.25, -0.2) is 8.78 Å². The topological polar surface area (TPSA) is 49.4 Å². The molecular formula is C17H13ClF2N2O2. The van der Waals surface area contributed by atoms with Gasteiger partial charge < -0.3 is 10.2 Å². The molecule has 0 saturated carbocycles. The third-order valence-electron chi connectivity index (χ3n) is 3.82. The van der Waals surface area contributed by atoms with E-state index in [0.29, 0.717) is 5.69 Å². The summed E-state index contributed by atoms with van der Waals surface area (Å²) in [4.78, 5) is 25.8. The number of nitrogens with zero attached hydrogens (tertiary/aromatic N) is 1. The molecule has 1 N–H and O–H groups in total. The van der Waals surface area contributed by atoms with Crippen LogP contribution in [0.15, 0.2) is 42.5 Å². The summed E-state index contributed by atoms with van der Waals surface area (Å²) < 4.78 is 26.7. The number of carbonyl (C=O) groups excluding carboxylic acids is 2. The van der Waals surface area contributed by atoms with E-state index in [0.717, 1.165) is 6.07 Å². The van der Waals surface area contributed by atoms with Crippen molar-refractivity contribution >= 4 is 34.8 Å². The van der Waals surface area contributed by atoms with Crippen LogP contribution in [-0.4, -0.2) is 18.4 Å². The van der Waals surface area contributed by atoms with Crippen LogP contribution in [0.2, 0.25) is 5.02 Å². The first kappa shape index (κ1) is 16.4. The normalized spacial score (nSPS) is 17.2. The first-order valence-electron chi connectivity index (χ1n) is 7.26. The molecule has 0 aromatic heterocycles. The van der Waals surface area contributed by atoms with E-state index in [9.17, 15) is 18.4 Å². The summed E-state index contributed by atoms with van der Waals surface area (Å²) in [5.74, 6) is -2.35. The van der Waals surface area contributed by atoms with Gasteiger partial charge in [-0.05, 0) is 42.5 Å². The van der Waals surface area contributed by atoms with Crippen molar-refractivity contribution in [1.29, 1.82) is 0 Å². The molecule has 3 rings (SSSR count). The summed E-state index contributed by atoms with van der Waals surface area (Å²) in [7, 11) is 0. The Morgan fingerprint density at radius 3 is 2.54 bits per heavy atom. The number of benzene rings is 2. The zero-order chi connectivity index (χ0) is 17.3. The summed E-state index contributed by atoms with van der Waals surface area (Å²) in [6.07, 6.45) is 0.0123. The largest absolute Gasteiger partial charge is 0.323 e. The number of anilines is 2. The lowest BCUT2D eigenvalue weighted by atomic mass is 10.1. The minimum absolute atomic E-state index is 0.0112. The van der Waals surface area contributed by atoms with Gasteiger partial charge in [0.2, 0.25) is 11.8 Å². The lowest BCUT2D eigenvalue weighted by Gasteiger charge is -2.16. The fraction of sp³-hybridized carbons (Fsp3) is 0.176. The quantitative estimate of drug-likeness (QED) is 0.919. The standard InChI is InChI=1S/C17H13ClF2N2O2/c18-11-1-6-15(14(20)8-11)21-17(24)10-7-16(23)22(9-10)13-4-2-12(19)3-5-13/h1-6,8,10H,7,9H2,(H,21,24)/t10-/m0/s1. The summed E-state index contributed by atoms with van der Waals surface area (Å²) >= 11 is 5.67. The van der Waals surface area contributed by atoms with E-state index in [1.807, 2.05) is 0 Å². The highest BCUT2D eigenvalue weighted by molar-refractivity contribution is 6.30. The minimum Gasteiger partial charge on any atom is -0.323 e. The van der Waals surface area contributed by atoms with E-state index in [1.54, 1.807) is 0 Å². The smallest absolute Gasteiger partial charge is 0.229 e. The molecule has 0 bridgehead atoms. The maximum Gasteiger partial charge on any atom is 0.229 e. The molecule has 1 aliphatic heterocycles. The molecule has 2 amide bonds. The van der Waals surface area contributed by atoms with Crippen molar-refractivity contribution in [3.63, 3.8) is 0 Å². The Labute approximate surface area is 142 Å². The molecule has 2 aromatic carbocycles. The number of amides is 2. The zero-order valence-electron chi connectivity index (χ0n) is 12.4. The van der Waals surface area contributed by atoms with Crippen LogP contribution in [0.1, 0.15) is 6.42 Å². The molecule has 0 aliphatic carbocycles. The molecule has 24 heavy (non-hydrogen) atoms. The maximum atomic E-state index is 13.7. The lowest BCUT2D eigenvalue weighted by Crippen LogP contribution is -2.28. The van der Waals surface area contributed by atoms with E-state index >= 15 is 0 Å². The van der Waals surface area contributed by atoms with Crippen molar-refractivity contribution in [3.05, 3.63) is 59.1 Å². The molecule has 1 fully saturated rings. The first-order chi connectivity index (χ1) is 11.4. The zero-order valence-corrected chi connectivity index (χ0v) is 13.2. The molecular weight excluding hydrogens is 338 g/mol. The summed E-state index contributed by atoms with van der Waals surface area (Å²) in [6.45, 7) is 0.158. The van der Waals surface area contributed by atoms with Crippen LogP contribution in [0, 0.1) is 17.6 Å². The Hall–Kier alpha value is -2.47. The van der Waals surface area contributed by atoms with Gasteiger partial charge in [-0.2, -0.15) is 0 Å². The molecule has 0 radical (unpaired) electrons. The van der Waals surface area contributed by atoms with Gasteiger partial charge in [-0.3, -0.25) is 9.59 Å². The lowest BCUT2D eigenvalue weighted by molar-refractivity contribution is -0.122. The van der Waals surface area contributed by atoms with Crippen LogP contribution in [0.4, 0.5) is 20.2 Å². The van der Waals surface area contributed by atoms with E-state index in [-0.39, 0.29) is 29.6 Å². The number of rotatable bonds is 3. The highest BCUT2D eigenvalue weighted by Gasteiger charge is 2.35. The van der Waals surface area contributed by atoms with Crippen LogP contribution >= 0.6 is 11.6 Å². The van der Waals surface area contributed by atoms with E-state index in [2.05, 4.69) is 5.32 Å². The molecule has 7 heteroatoms. The predicted octanol–water partition coefficient (Wildman–Crippen LogP) is 3.61. The van der Waals surface area contributed by atoms with Crippen molar-refractivity contribution in [2.45, 2.75) is 6.42 Å². The number of hydrogen-bond donors (Lipinski definition) is 1. The molecule has 124 valence electrons. The maximum absolute atomic E-state index is 13.7. The van der Waals surface area contributed by atoms with Gasteiger partial charge in [0.25, 0.3) is 0 Å². The van der Waals surface area contributed by atoms with Gasteiger partial charge in [0.1, 0.15) is 11.6 Å². The second kappa shape index (κ2) is 6.57. The minimum atomic E-state index is -0.643. The Morgan fingerprint density at radius 1 is 1.17 bits per heavy atom. The first-order valence-corrected chi connectivity index (χ1v) is 7.63. The van der Waals surface area contributed by atoms with Gasteiger partial charge in [-0.15, -0.1) is 0 Å². The second-order valence-electron chi connectivity index (χ2n) is 5.50. The Bertz CT molecular complexity index is 796. The summed E-state index contributed by atoms with van der Waals surface area (Å²) in [6, 6.07) is 9.38. The number of nitrogens with one attached hydrogen (secondary N) is 1. The monoisotopic (exact) mass is 350 g/mol. The Kier molecular flexibility index (Phi) is 4.49. The second-order valence-corrected chi connectivity index (χ2v) is 5.93. The fourth-order valence-electron chi connectivity index (χ4n) is 2.58. The average molecular weight is 351 g/mol. The molecule has 1 aliphatic rings. The Morgan fingerprint density at radius 2 is 1.88 bits per heavy atom. The van der Waals surface area contributed by atoms with E-state index in [4.69, 9.17) is 11.6 Å². The van der Waals surface area contributed by atoms with Gasteiger partial charge in [0.05, 0.1) is 11.6 Å². The molecule has 0 spiro atoms. The van der Waals surface area contributed by atoms with Crippen molar-refractivity contribution < 1.29 is 18.4 Å². The number of carbonyl (C=O) groups is 2. The van der Waals surface area contributed by atoms with Crippen molar-refractivity contribution in [1.82, 2.24) is 0 Å². The van der Waals surface area contributed by atoms with Gasteiger partial charge in [0, 0.05) is 23.7 Å². The summed E-state index contributed by atoms with van der Waals surface area (Å²) in [5, 5.41) is 2.70. The average Bonchev–Trinajstić information content (AvgIpc) is 2.93. The van der Waals surface area contributed by atoms with Crippen molar-refractivity contribution in [2.24, 2.45) is 5.92 Å². The van der Waals surface area contributed by atoms with Crippen LogP contribution < -0.4 is 10.2 Å². The third kappa shape index (κ3) is 3.38. The molecule has 1 heterocycles. The molecule has 1 atom stereocenters. The highest BCUT2D eigenvalue weighted by Crippen LogP contribution is 2.27. The van der Waals surface area contributed by atoms with Gasteiger partial charge >= 0.3 is 0 Å². The molecule has 2 aromatic rings. The Balaban J connectivity index is 1.70. The van der Waals surface area contributed by atoms with Gasteiger partial charge in [-0.1, -0.05) is 11.6 Å². The highest BCUT2D eigenvalue weighted by atomic mass is 35.5. The summed E-state index contributed by atoms with van der Waals surface area (Å²) in [5.41, 5.74) is 0.534. The van der Waals surface area contributed by atoms with E-state index in [1.165, 1.54) is 41.3 Å². The van der Waals surface area contributed by atoms with Crippen LogP contribution in [0.3, 0.4) is 0 Å². The van der Waals surface area contributed by atoms with Crippen molar-refractivity contribution in [2.75, 3.05) is 16.8 Å². The van der Waals surface area contributed by atoms with Crippen molar-refractivity contribution in [3.8, 4) is 0 Å². The van der Waals surface area contributed by atoms with Gasteiger partial charge in [0.15, 0.2) is 0 Å². The fourth-order valence-corrected chi connectivity index (χ4v) is 2.74. The van der Waals surface area contributed by atoms with Crippen LogP contribution in [0.5, 0.6) is 0 Å². The molecule has 4 nitrogen and oxygen atoms in total. The molecule has 0 unspecified atom stereocenters. The number of halogens is 3. The molecule has 1 saturated heterocycles. The SMILES string of the molecule is O=C(Nc1ccc(Cl)cc1F)[C@H]1CC(=O)N(c2ccc(F)cc2)C1. The van der Waals surface area contributed by atoms with Crippen LogP contribution in [0.25, 0.3) is 0 Å². The third-order valence-corrected chi connectivity index (χ3v) is 4.06. The van der Waals surface area contributed by atoms with Crippen LogP contribution in [-0.2, 0) is 9.59 Å². The van der Waals surface area contributed by atoms with E-state index < -0.39 is 23.5 Å².